The number of hydrogen-bond acceptors (Lipinski definition) is 2. The van der Waals surface area contributed by atoms with Gasteiger partial charge in [-0.15, -0.1) is 0 Å². The molecule has 1 atom stereocenters. The number of ether oxygens (including phenoxy) is 2. The Morgan fingerprint density at radius 1 is 0.850 bits per heavy atom. The highest BCUT2D eigenvalue weighted by Crippen LogP contribution is 2.32. The Hall–Kier alpha value is -0.0800. The first-order chi connectivity index (χ1) is 9.22. The minimum atomic E-state index is -0.340. The molecule has 0 aromatic rings. The first kappa shape index (κ1) is 18.0. The van der Waals surface area contributed by atoms with Crippen molar-refractivity contribution >= 4 is 0 Å². The Labute approximate surface area is 126 Å². The molecular formula is C18H36O2. The summed E-state index contributed by atoms with van der Waals surface area (Å²) in [6.07, 6.45) is 7.63. The molecule has 20 heavy (non-hydrogen) atoms. The zero-order chi connectivity index (χ0) is 15.2. The molecule has 1 aliphatic rings. The van der Waals surface area contributed by atoms with Gasteiger partial charge in [0.05, 0.1) is 13.2 Å². The van der Waals surface area contributed by atoms with Gasteiger partial charge in [-0.2, -0.15) is 0 Å². The highest BCUT2D eigenvalue weighted by molar-refractivity contribution is 4.77. The highest BCUT2D eigenvalue weighted by atomic mass is 16.7. The van der Waals surface area contributed by atoms with Crippen LogP contribution < -0.4 is 0 Å². The molecular weight excluding hydrogens is 248 g/mol. The fraction of sp³-hybridized carbons (Fsp3) is 1.00. The Bertz CT molecular complexity index is 261. The van der Waals surface area contributed by atoms with E-state index in [1.807, 2.05) is 0 Å². The molecule has 0 spiro atoms. The van der Waals surface area contributed by atoms with Crippen LogP contribution in [0.5, 0.6) is 0 Å². The minimum absolute atomic E-state index is 0.170. The quantitative estimate of drug-likeness (QED) is 0.593. The molecule has 1 rings (SSSR count). The first-order valence-corrected chi connectivity index (χ1v) is 8.50. The summed E-state index contributed by atoms with van der Waals surface area (Å²) in [7, 11) is 0. The molecule has 120 valence electrons. The summed E-state index contributed by atoms with van der Waals surface area (Å²) in [4.78, 5) is 0. The molecule has 2 heteroatoms. The van der Waals surface area contributed by atoms with Crippen LogP contribution in [-0.4, -0.2) is 19.0 Å². The van der Waals surface area contributed by atoms with Gasteiger partial charge in [-0.3, -0.25) is 0 Å². The largest absolute Gasteiger partial charge is 0.350 e. The fourth-order valence-electron chi connectivity index (χ4n) is 2.71. The van der Waals surface area contributed by atoms with Gasteiger partial charge in [-0.1, -0.05) is 60.3 Å². The predicted octanol–water partition coefficient (Wildman–Crippen LogP) is 5.41. The summed E-state index contributed by atoms with van der Waals surface area (Å²) in [6, 6.07) is 0. The molecule has 0 radical (unpaired) electrons. The maximum Gasteiger partial charge on any atom is 0.165 e. The van der Waals surface area contributed by atoms with E-state index in [1.165, 1.54) is 32.1 Å². The van der Waals surface area contributed by atoms with Crippen molar-refractivity contribution in [2.45, 2.75) is 85.9 Å². The Morgan fingerprint density at radius 2 is 1.40 bits per heavy atom. The molecule has 0 unspecified atom stereocenters. The van der Waals surface area contributed by atoms with Crippen molar-refractivity contribution in [3.05, 3.63) is 0 Å². The zero-order valence-electron chi connectivity index (χ0n) is 14.6. The van der Waals surface area contributed by atoms with E-state index in [1.54, 1.807) is 0 Å². The molecule has 0 N–H and O–H groups in total. The van der Waals surface area contributed by atoms with Crippen molar-refractivity contribution < 1.29 is 9.47 Å². The smallest absolute Gasteiger partial charge is 0.165 e. The van der Waals surface area contributed by atoms with E-state index < -0.39 is 0 Å². The molecule has 0 aromatic carbocycles. The van der Waals surface area contributed by atoms with Crippen molar-refractivity contribution in [2.75, 3.05) is 13.2 Å². The molecule has 0 aromatic heterocycles. The van der Waals surface area contributed by atoms with Crippen molar-refractivity contribution in [1.29, 1.82) is 0 Å². The second-order valence-electron chi connectivity index (χ2n) is 8.20. The lowest BCUT2D eigenvalue weighted by Gasteiger charge is -2.41. The first-order valence-electron chi connectivity index (χ1n) is 8.50. The van der Waals surface area contributed by atoms with Crippen molar-refractivity contribution in [1.82, 2.24) is 0 Å². The van der Waals surface area contributed by atoms with E-state index in [0.29, 0.717) is 0 Å². The fourth-order valence-corrected chi connectivity index (χ4v) is 2.71. The third kappa shape index (κ3) is 7.08. The van der Waals surface area contributed by atoms with Gasteiger partial charge < -0.3 is 9.47 Å². The highest BCUT2D eigenvalue weighted by Gasteiger charge is 2.36. The van der Waals surface area contributed by atoms with Crippen LogP contribution in [0.4, 0.5) is 0 Å². The van der Waals surface area contributed by atoms with Crippen LogP contribution in [0.25, 0.3) is 0 Å². The molecule has 1 saturated heterocycles. The Morgan fingerprint density at radius 3 is 1.95 bits per heavy atom. The molecule has 1 fully saturated rings. The van der Waals surface area contributed by atoms with Gasteiger partial charge in [0.2, 0.25) is 0 Å². The van der Waals surface area contributed by atoms with Gasteiger partial charge >= 0.3 is 0 Å². The summed E-state index contributed by atoms with van der Waals surface area (Å²) < 4.78 is 11.9. The monoisotopic (exact) mass is 284 g/mol. The topological polar surface area (TPSA) is 18.5 Å². The normalized spacial score (nSPS) is 22.9. The van der Waals surface area contributed by atoms with E-state index in [-0.39, 0.29) is 11.2 Å². The third-order valence-corrected chi connectivity index (χ3v) is 4.34. The lowest BCUT2D eigenvalue weighted by Crippen LogP contribution is -2.45. The molecule has 0 amide bonds. The number of rotatable bonds is 8. The Kier molecular flexibility index (Phi) is 7.00. The molecule has 2 nitrogen and oxygen atoms in total. The van der Waals surface area contributed by atoms with E-state index in [2.05, 4.69) is 41.5 Å². The Balaban J connectivity index is 2.14. The molecule has 0 bridgehead atoms. The van der Waals surface area contributed by atoms with Crippen molar-refractivity contribution in [3.63, 3.8) is 0 Å². The van der Waals surface area contributed by atoms with E-state index in [4.69, 9.17) is 9.47 Å². The minimum Gasteiger partial charge on any atom is -0.350 e. The number of hydrogen-bond donors (Lipinski definition) is 0. The standard InChI is InChI=1S/C18H36O2/c1-15(2)9-7-10-16(3)11-8-12-18(6)19-13-17(4,5)14-20-18/h15-16H,7-14H2,1-6H3/t16-/m1/s1. The lowest BCUT2D eigenvalue weighted by molar-refractivity contribution is -0.292. The van der Waals surface area contributed by atoms with Gasteiger partial charge in [-0.05, 0) is 25.2 Å². The SMILES string of the molecule is CC(C)CCC[C@@H](C)CCCC1(C)OCC(C)(C)CO1. The van der Waals surface area contributed by atoms with Crippen LogP contribution in [0.1, 0.15) is 80.1 Å². The third-order valence-electron chi connectivity index (χ3n) is 4.34. The summed E-state index contributed by atoms with van der Waals surface area (Å²) in [5, 5.41) is 0. The van der Waals surface area contributed by atoms with Crippen LogP contribution in [0.2, 0.25) is 0 Å². The predicted molar refractivity (Wildman–Crippen MR) is 85.8 cm³/mol. The van der Waals surface area contributed by atoms with Crippen LogP contribution in [0, 0.1) is 17.3 Å². The van der Waals surface area contributed by atoms with Gasteiger partial charge in [-0.25, -0.2) is 0 Å². The average molecular weight is 284 g/mol. The molecule has 1 heterocycles. The second-order valence-corrected chi connectivity index (χ2v) is 8.20. The average Bonchev–Trinajstić information content (AvgIpc) is 2.33. The van der Waals surface area contributed by atoms with E-state index in [9.17, 15) is 0 Å². The maximum absolute atomic E-state index is 5.95. The summed E-state index contributed by atoms with van der Waals surface area (Å²) in [5.74, 6) is 1.33. The van der Waals surface area contributed by atoms with Gasteiger partial charge in [0.1, 0.15) is 0 Å². The molecule has 1 aliphatic heterocycles. The molecule has 0 saturated carbocycles. The summed E-state index contributed by atoms with van der Waals surface area (Å²) >= 11 is 0. The van der Waals surface area contributed by atoms with E-state index >= 15 is 0 Å². The van der Waals surface area contributed by atoms with Crippen LogP contribution in [-0.2, 0) is 9.47 Å². The maximum atomic E-state index is 5.95. The van der Waals surface area contributed by atoms with Crippen molar-refractivity contribution in [2.24, 2.45) is 17.3 Å². The van der Waals surface area contributed by atoms with E-state index in [0.717, 1.165) is 31.5 Å². The van der Waals surface area contributed by atoms with Gasteiger partial charge in [0.25, 0.3) is 0 Å². The second kappa shape index (κ2) is 7.79. The lowest BCUT2D eigenvalue weighted by atomic mass is 9.92. The van der Waals surface area contributed by atoms with Crippen molar-refractivity contribution in [3.8, 4) is 0 Å². The summed E-state index contributed by atoms with van der Waals surface area (Å²) in [6.45, 7) is 15.1. The molecule has 0 aliphatic carbocycles. The van der Waals surface area contributed by atoms with Crippen LogP contribution in [0.3, 0.4) is 0 Å². The van der Waals surface area contributed by atoms with Crippen LogP contribution in [0.15, 0.2) is 0 Å². The van der Waals surface area contributed by atoms with Gasteiger partial charge in [0.15, 0.2) is 5.79 Å². The zero-order valence-corrected chi connectivity index (χ0v) is 14.6. The van der Waals surface area contributed by atoms with Crippen LogP contribution >= 0.6 is 0 Å². The van der Waals surface area contributed by atoms with Gasteiger partial charge in [0, 0.05) is 11.8 Å². The summed E-state index contributed by atoms with van der Waals surface area (Å²) in [5.41, 5.74) is 0.170.